The zero-order chi connectivity index (χ0) is 12.1. The van der Waals surface area contributed by atoms with Crippen molar-refractivity contribution in [2.45, 2.75) is 71.8 Å². The third-order valence-corrected chi connectivity index (χ3v) is 6.10. The highest BCUT2D eigenvalue weighted by Crippen LogP contribution is 2.55. The molecule has 1 heteroatoms. The van der Waals surface area contributed by atoms with E-state index in [1.807, 2.05) is 0 Å². The monoisotopic (exact) mass is 235 g/mol. The van der Waals surface area contributed by atoms with Crippen molar-refractivity contribution >= 4 is 0 Å². The Hall–Kier alpha value is -0.0400. The Morgan fingerprint density at radius 3 is 2.35 bits per heavy atom. The maximum Gasteiger partial charge on any atom is 0.0152 e. The van der Waals surface area contributed by atoms with E-state index < -0.39 is 0 Å². The van der Waals surface area contributed by atoms with Crippen LogP contribution in [0.2, 0.25) is 0 Å². The van der Waals surface area contributed by atoms with Crippen LogP contribution >= 0.6 is 0 Å². The maximum atomic E-state index is 2.88. The molecule has 0 radical (unpaired) electrons. The van der Waals surface area contributed by atoms with Gasteiger partial charge in [0.1, 0.15) is 0 Å². The first-order valence-corrected chi connectivity index (χ1v) is 7.75. The summed E-state index contributed by atoms with van der Waals surface area (Å²) in [5.74, 6) is 0.919. The van der Waals surface area contributed by atoms with E-state index in [4.69, 9.17) is 0 Å². The molecular formula is C16H29N. The Labute approximate surface area is 107 Å². The Kier molecular flexibility index (Phi) is 2.81. The molecule has 2 aliphatic heterocycles. The highest BCUT2D eigenvalue weighted by molar-refractivity contribution is 5.05. The van der Waals surface area contributed by atoms with Crippen LogP contribution in [0.15, 0.2) is 0 Å². The molecule has 1 saturated carbocycles. The van der Waals surface area contributed by atoms with Crippen molar-refractivity contribution < 1.29 is 0 Å². The third-order valence-electron chi connectivity index (χ3n) is 6.10. The quantitative estimate of drug-likeness (QED) is 0.611. The average Bonchev–Trinajstić information content (AvgIpc) is 2.40. The van der Waals surface area contributed by atoms with Gasteiger partial charge in [0.05, 0.1) is 0 Å². The topological polar surface area (TPSA) is 3.24 Å². The lowest BCUT2D eigenvalue weighted by Gasteiger charge is -2.45. The normalized spacial score (nSPS) is 37.6. The summed E-state index contributed by atoms with van der Waals surface area (Å²) < 4.78 is 0. The fourth-order valence-electron chi connectivity index (χ4n) is 4.64. The van der Waals surface area contributed by atoms with Gasteiger partial charge in [0.15, 0.2) is 0 Å². The smallest absolute Gasteiger partial charge is 0.0152 e. The second kappa shape index (κ2) is 3.98. The van der Waals surface area contributed by atoms with Gasteiger partial charge < -0.3 is 0 Å². The second-order valence-electron chi connectivity index (χ2n) is 7.97. The molecule has 0 aromatic carbocycles. The van der Waals surface area contributed by atoms with Crippen molar-refractivity contribution in [1.82, 2.24) is 4.90 Å². The molecule has 2 unspecified atom stereocenters. The van der Waals surface area contributed by atoms with Gasteiger partial charge in [-0.25, -0.2) is 0 Å². The molecule has 1 nitrogen and oxygen atoms in total. The SMILES string of the molecule is CC(C)(C)C1CCCC2N(CCC23CCC3)C1. The summed E-state index contributed by atoms with van der Waals surface area (Å²) in [4.78, 5) is 2.88. The van der Waals surface area contributed by atoms with Gasteiger partial charge in [0, 0.05) is 12.6 Å². The first kappa shape index (κ1) is 12.0. The largest absolute Gasteiger partial charge is 0.300 e. The molecule has 0 N–H and O–H groups in total. The first-order chi connectivity index (χ1) is 8.01. The van der Waals surface area contributed by atoms with Gasteiger partial charge in [0.25, 0.3) is 0 Å². The van der Waals surface area contributed by atoms with Gasteiger partial charge in [-0.05, 0) is 55.4 Å². The van der Waals surface area contributed by atoms with Crippen LogP contribution in [0.5, 0.6) is 0 Å². The second-order valence-corrected chi connectivity index (χ2v) is 7.97. The van der Waals surface area contributed by atoms with E-state index in [1.54, 1.807) is 0 Å². The highest BCUT2D eigenvalue weighted by atomic mass is 15.2. The minimum atomic E-state index is 0.504. The zero-order valence-corrected chi connectivity index (χ0v) is 12.0. The van der Waals surface area contributed by atoms with E-state index in [2.05, 4.69) is 25.7 Å². The van der Waals surface area contributed by atoms with Crippen LogP contribution in [0.25, 0.3) is 0 Å². The summed E-state index contributed by atoms with van der Waals surface area (Å²) in [5.41, 5.74) is 1.29. The lowest BCUT2D eigenvalue weighted by atomic mass is 9.63. The van der Waals surface area contributed by atoms with Crippen LogP contribution < -0.4 is 0 Å². The molecule has 1 aliphatic carbocycles. The summed E-state index contributed by atoms with van der Waals surface area (Å²) in [5, 5.41) is 0. The van der Waals surface area contributed by atoms with Crippen LogP contribution in [0.3, 0.4) is 0 Å². The first-order valence-electron chi connectivity index (χ1n) is 7.75. The van der Waals surface area contributed by atoms with Crippen LogP contribution in [-0.4, -0.2) is 24.0 Å². The van der Waals surface area contributed by atoms with Crippen molar-refractivity contribution in [2.75, 3.05) is 13.1 Å². The molecule has 17 heavy (non-hydrogen) atoms. The summed E-state index contributed by atoms with van der Waals surface area (Å²) in [7, 11) is 0. The predicted octanol–water partition coefficient (Wildman–Crippen LogP) is 4.08. The van der Waals surface area contributed by atoms with Gasteiger partial charge in [-0.1, -0.05) is 33.6 Å². The van der Waals surface area contributed by atoms with Crippen molar-refractivity contribution in [3.05, 3.63) is 0 Å². The Balaban J connectivity index is 1.74. The average molecular weight is 235 g/mol. The number of fused-ring (bicyclic) bond motifs is 2. The molecule has 2 atom stereocenters. The lowest BCUT2D eigenvalue weighted by molar-refractivity contribution is 0.0594. The predicted molar refractivity (Wildman–Crippen MR) is 73.1 cm³/mol. The van der Waals surface area contributed by atoms with Crippen LogP contribution in [-0.2, 0) is 0 Å². The molecule has 98 valence electrons. The van der Waals surface area contributed by atoms with Crippen LogP contribution in [0, 0.1) is 16.7 Å². The van der Waals surface area contributed by atoms with Gasteiger partial charge in [0.2, 0.25) is 0 Å². The van der Waals surface area contributed by atoms with Crippen LogP contribution in [0.4, 0.5) is 0 Å². The maximum absolute atomic E-state index is 2.88. The van der Waals surface area contributed by atoms with E-state index in [1.165, 1.54) is 58.0 Å². The molecule has 1 spiro atoms. The Morgan fingerprint density at radius 2 is 1.76 bits per heavy atom. The summed E-state index contributed by atoms with van der Waals surface area (Å²) >= 11 is 0. The Morgan fingerprint density at radius 1 is 1.00 bits per heavy atom. The molecule has 3 aliphatic rings. The van der Waals surface area contributed by atoms with E-state index in [9.17, 15) is 0 Å². The summed E-state index contributed by atoms with van der Waals surface area (Å²) in [6.45, 7) is 10.1. The van der Waals surface area contributed by atoms with Crippen molar-refractivity contribution in [3.63, 3.8) is 0 Å². The highest BCUT2D eigenvalue weighted by Gasteiger charge is 2.51. The van der Waals surface area contributed by atoms with Crippen molar-refractivity contribution in [2.24, 2.45) is 16.7 Å². The van der Waals surface area contributed by atoms with Gasteiger partial charge >= 0.3 is 0 Å². The molecule has 3 fully saturated rings. The molecular weight excluding hydrogens is 206 g/mol. The third kappa shape index (κ3) is 1.95. The van der Waals surface area contributed by atoms with E-state index >= 15 is 0 Å². The molecule has 0 amide bonds. The van der Waals surface area contributed by atoms with E-state index in [0.29, 0.717) is 5.41 Å². The fraction of sp³-hybridized carbons (Fsp3) is 1.00. The number of hydrogen-bond donors (Lipinski definition) is 0. The van der Waals surface area contributed by atoms with E-state index in [0.717, 1.165) is 17.4 Å². The molecule has 0 bridgehead atoms. The zero-order valence-electron chi connectivity index (χ0n) is 12.0. The lowest BCUT2D eigenvalue weighted by Crippen LogP contribution is -2.44. The molecule has 0 aromatic rings. The standard InChI is InChI=1S/C16H29N/c1-15(2,3)13-6-4-7-14-16(8-5-9-16)10-11-17(14)12-13/h13-14H,4-12H2,1-3H3. The molecule has 3 rings (SSSR count). The minimum Gasteiger partial charge on any atom is -0.300 e. The number of rotatable bonds is 0. The van der Waals surface area contributed by atoms with Crippen LogP contribution in [0.1, 0.15) is 65.7 Å². The van der Waals surface area contributed by atoms with Gasteiger partial charge in [-0.15, -0.1) is 0 Å². The van der Waals surface area contributed by atoms with E-state index in [-0.39, 0.29) is 0 Å². The number of nitrogens with zero attached hydrogens (tertiary/aromatic N) is 1. The van der Waals surface area contributed by atoms with Gasteiger partial charge in [-0.2, -0.15) is 0 Å². The fourth-order valence-corrected chi connectivity index (χ4v) is 4.64. The minimum absolute atomic E-state index is 0.504. The summed E-state index contributed by atoms with van der Waals surface area (Å²) in [6, 6.07) is 0.962. The summed E-state index contributed by atoms with van der Waals surface area (Å²) in [6.07, 6.45) is 10.5. The van der Waals surface area contributed by atoms with Crippen molar-refractivity contribution in [1.29, 1.82) is 0 Å². The Bertz CT molecular complexity index is 284. The molecule has 2 saturated heterocycles. The molecule has 2 heterocycles. The van der Waals surface area contributed by atoms with Crippen molar-refractivity contribution in [3.8, 4) is 0 Å². The number of hydrogen-bond acceptors (Lipinski definition) is 1. The van der Waals surface area contributed by atoms with Gasteiger partial charge in [-0.3, -0.25) is 4.90 Å². The molecule has 0 aromatic heterocycles.